The van der Waals surface area contributed by atoms with Gasteiger partial charge in [0.05, 0.1) is 0 Å². The van der Waals surface area contributed by atoms with Gasteiger partial charge in [-0.3, -0.25) is 20.4 Å². The number of rotatable bonds is 8. The van der Waals surface area contributed by atoms with E-state index in [0.717, 1.165) is 36.8 Å². The van der Waals surface area contributed by atoms with Gasteiger partial charge in [0.15, 0.2) is 0 Å². The number of allylic oxidation sites excluding steroid dienone is 2. The predicted molar refractivity (Wildman–Crippen MR) is 183 cm³/mol. The lowest BCUT2D eigenvalue weighted by Crippen LogP contribution is -2.24. The average Bonchev–Trinajstić information content (AvgIpc) is 3.59. The van der Waals surface area contributed by atoms with E-state index in [2.05, 4.69) is 0 Å². The minimum absolute atomic E-state index is 0.0961. The summed E-state index contributed by atoms with van der Waals surface area (Å²) in [6.07, 6.45) is 8.95. The summed E-state index contributed by atoms with van der Waals surface area (Å²) in [6, 6.07) is 22.2. The second kappa shape index (κ2) is 11.9. The molecule has 3 aliphatic carbocycles. The number of Topliss-reactive ketones (excluding diaryl/α,β-unsaturated/α-hetero) is 2. The highest BCUT2D eigenvalue weighted by atomic mass is 32.2. The quantitative estimate of drug-likeness (QED) is 0.196. The first-order chi connectivity index (χ1) is 23.4. The monoisotopic (exact) mass is 692 g/mol. The van der Waals surface area contributed by atoms with Crippen LogP contribution in [-0.2, 0) is 25.7 Å². The summed E-state index contributed by atoms with van der Waals surface area (Å²) >= 11 is 0. The Bertz CT molecular complexity index is 2210. The molecule has 0 unspecified atom stereocenters. The van der Waals surface area contributed by atoms with E-state index < -0.39 is 37.2 Å². The van der Waals surface area contributed by atoms with Gasteiger partial charge in [0.2, 0.25) is 11.6 Å². The molecule has 0 atom stereocenters. The first kappa shape index (κ1) is 32.1. The summed E-state index contributed by atoms with van der Waals surface area (Å²) in [5.74, 6) is -0.929. The molecule has 0 amide bonds. The van der Waals surface area contributed by atoms with E-state index in [9.17, 15) is 26.4 Å². The van der Waals surface area contributed by atoms with Crippen molar-refractivity contribution in [2.45, 2.75) is 40.9 Å². The van der Waals surface area contributed by atoms with Crippen molar-refractivity contribution in [3.8, 4) is 11.5 Å². The minimum Gasteiger partial charge on any atom is -0.379 e. The van der Waals surface area contributed by atoms with E-state index in [-0.39, 0.29) is 55.0 Å². The highest BCUT2D eigenvalue weighted by molar-refractivity contribution is 7.87. The third kappa shape index (κ3) is 5.62. The molecule has 2 N–H and O–H groups in total. The molecule has 0 bridgehead atoms. The third-order valence-corrected chi connectivity index (χ3v) is 11.8. The van der Waals surface area contributed by atoms with Gasteiger partial charge in [-0.25, -0.2) is 0 Å². The maximum Gasteiger partial charge on any atom is 0.339 e. The van der Waals surface area contributed by atoms with Gasteiger partial charge in [-0.15, -0.1) is 0 Å². The molecule has 1 fully saturated rings. The molecule has 0 aliphatic heterocycles. The van der Waals surface area contributed by atoms with Gasteiger partial charge >= 0.3 is 20.2 Å². The Labute approximate surface area is 283 Å². The Morgan fingerprint density at radius 3 is 1.31 bits per heavy atom. The molecule has 0 heterocycles. The normalized spacial score (nSPS) is 16.7. The third-order valence-electron chi connectivity index (χ3n) is 9.17. The Morgan fingerprint density at radius 1 is 0.531 bits per heavy atom. The van der Waals surface area contributed by atoms with Crippen LogP contribution in [0, 0.1) is 10.8 Å². The second-order valence-electron chi connectivity index (χ2n) is 12.0. The van der Waals surface area contributed by atoms with Crippen LogP contribution in [0.2, 0.25) is 0 Å². The molecule has 3 aliphatic rings. The molecule has 1 saturated carbocycles. The van der Waals surface area contributed by atoms with Crippen molar-refractivity contribution >= 4 is 55.4 Å². The van der Waals surface area contributed by atoms with Crippen LogP contribution >= 0.6 is 0 Å². The molecule has 49 heavy (non-hydrogen) atoms. The van der Waals surface area contributed by atoms with Crippen molar-refractivity contribution in [1.82, 2.24) is 0 Å². The highest BCUT2D eigenvalue weighted by Crippen LogP contribution is 2.47. The van der Waals surface area contributed by atoms with E-state index in [0.29, 0.717) is 0 Å². The summed E-state index contributed by atoms with van der Waals surface area (Å²) in [5, 5.41) is 15.5. The van der Waals surface area contributed by atoms with Crippen molar-refractivity contribution in [2.75, 3.05) is 0 Å². The molecule has 4 aromatic carbocycles. The van der Waals surface area contributed by atoms with Crippen molar-refractivity contribution < 1.29 is 34.8 Å². The van der Waals surface area contributed by atoms with Gasteiger partial charge in [0, 0.05) is 27.7 Å². The van der Waals surface area contributed by atoms with Gasteiger partial charge in [0.25, 0.3) is 0 Å². The number of ketones is 2. The number of nitrogens with one attached hydrogen (secondary N) is 2. The zero-order valence-electron chi connectivity index (χ0n) is 25.8. The highest BCUT2D eigenvalue weighted by Gasteiger charge is 2.38. The van der Waals surface area contributed by atoms with E-state index in [1.807, 2.05) is 24.3 Å². The van der Waals surface area contributed by atoms with Crippen LogP contribution in [0.25, 0.3) is 12.2 Å². The van der Waals surface area contributed by atoms with E-state index in [4.69, 9.17) is 19.2 Å². The van der Waals surface area contributed by atoms with E-state index >= 15 is 0 Å². The number of carbonyl (C=O) groups excluding carboxylic acids is 2. The van der Waals surface area contributed by atoms with E-state index in [1.165, 1.54) is 60.7 Å². The van der Waals surface area contributed by atoms with Crippen molar-refractivity contribution in [1.29, 1.82) is 10.8 Å². The van der Waals surface area contributed by atoms with Gasteiger partial charge in [-0.05, 0) is 72.5 Å². The summed E-state index contributed by atoms with van der Waals surface area (Å²) in [5.41, 5.74) is 1.64. The maximum absolute atomic E-state index is 13.3. The van der Waals surface area contributed by atoms with Gasteiger partial charge < -0.3 is 8.37 Å². The Balaban J connectivity index is 1.12. The van der Waals surface area contributed by atoms with Crippen molar-refractivity contribution in [3.63, 3.8) is 0 Å². The Hall–Kier alpha value is -5.46. The van der Waals surface area contributed by atoms with Crippen LogP contribution in [0.1, 0.15) is 68.7 Å². The average molecular weight is 693 g/mol. The summed E-state index contributed by atoms with van der Waals surface area (Å²) < 4.78 is 64.2. The number of carbonyl (C=O) groups is 2. The lowest BCUT2D eigenvalue weighted by molar-refractivity contribution is 0.105. The summed E-state index contributed by atoms with van der Waals surface area (Å²) in [6.45, 7) is 0. The molecule has 4 aromatic rings. The molecule has 12 heteroatoms. The zero-order chi connectivity index (χ0) is 34.6. The Morgan fingerprint density at radius 2 is 0.918 bits per heavy atom. The molecule has 0 saturated heterocycles. The minimum atomic E-state index is -4.31. The fourth-order valence-corrected chi connectivity index (χ4v) is 9.06. The summed E-state index contributed by atoms with van der Waals surface area (Å²) in [4.78, 5) is 24.5. The van der Waals surface area contributed by atoms with Gasteiger partial charge in [0.1, 0.15) is 32.7 Å². The fraction of sp³-hybridized carbons (Fsp3) is 0.135. The largest absolute Gasteiger partial charge is 0.379 e. The second-order valence-corrected chi connectivity index (χ2v) is 15.0. The smallest absolute Gasteiger partial charge is 0.339 e. The fourth-order valence-electron chi connectivity index (χ4n) is 6.76. The van der Waals surface area contributed by atoms with Crippen molar-refractivity contribution in [2.24, 2.45) is 0 Å². The first-order valence-electron chi connectivity index (χ1n) is 15.4. The Kier molecular flexibility index (Phi) is 7.80. The number of benzene rings is 4. The molecule has 0 aromatic heterocycles. The predicted octanol–water partition coefficient (Wildman–Crippen LogP) is 6.54. The standard InChI is InChI=1S/C37H28N2O8S2/c38-31-19-17-27-29(35(31)40)5-3-7-33(27)48(42,43)46-25-13-9-23(10-14-25)37(21-1-2-22-37)24-11-15-26(16-12-24)47-49(44,45)34-8-4-6-30-28(34)18-20-32(39)36(30)41/h3-20,38-39H,1-2,21-22H2. The lowest BCUT2D eigenvalue weighted by Gasteiger charge is -2.31. The van der Waals surface area contributed by atoms with Crippen molar-refractivity contribution in [3.05, 3.63) is 130 Å². The van der Waals surface area contributed by atoms with Crippen LogP contribution in [0.15, 0.2) is 107 Å². The van der Waals surface area contributed by atoms with Crippen LogP contribution in [0.4, 0.5) is 0 Å². The van der Waals surface area contributed by atoms with Crippen LogP contribution in [0.5, 0.6) is 11.5 Å². The molecular weight excluding hydrogens is 665 g/mol. The van der Waals surface area contributed by atoms with E-state index in [1.54, 1.807) is 24.3 Å². The number of hydrogen-bond donors (Lipinski definition) is 2. The lowest BCUT2D eigenvalue weighted by atomic mass is 9.73. The SMILES string of the molecule is N=C1C=Cc2c(cccc2S(=O)(=O)Oc2ccc(C3(c4ccc(OS(=O)(=O)c5cccc6c5C=CC(=N)C6=O)cc4)CCCC3)cc2)C1=O. The topological polar surface area (TPSA) is 169 Å². The first-order valence-corrected chi connectivity index (χ1v) is 18.2. The molecule has 10 nitrogen and oxygen atoms in total. The van der Waals surface area contributed by atoms with Gasteiger partial charge in [-0.2, -0.15) is 16.8 Å². The van der Waals surface area contributed by atoms with Crippen LogP contribution in [0.3, 0.4) is 0 Å². The molecular formula is C37H28N2O8S2. The molecule has 246 valence electrons. The number of hydrogen-bond acceptors (Lipinski definition) is 10. The van der Waals surface area contributed by atoms with Crippen LogP contribution in [-0.4, -0.2) is 39.8 Å². The zero-order valence-corrected chi connectivity index (χ0v) is 27.4. The molecule has 7 rings (SSSR count). The van der Waals surface area contributed by atoms with Crippen LogP contribution < -0.4 is 8.37 Å². The molecule has 0 radical (unpaired) electrons. The summed E-state index contributed by atoms with van der Waals surface area (Å²) in [7, 11) is -8.62. The van der Waals surface area contributed by atoms with Gasteiger partial charge in [-0.1, -0.05) is 73.5 Å². The molecule has 0 spiro atoms. The maximum atomic E-state index is 13.3. The number of fused-ring (bicyclic) bond motifs is 2.